The van der Waals surface area contributed by atoms with Crippen LogP contribution in [0.1, 0.15) is 13.8 Å². The van der Waals surface area contributed by atoms with Crippen LogP contribution in [-0.4, -0.2) is 40.0 Å². The molecular weight excluding hydrogens is 160 g/mol. The Morgan fingerprint density at radius 3 is 2.64 bits per heavy atom. The average Bonchev–Trinajstić information content (AvgIpc) is 1.86. The first kappa shape index (κ1) is 8.71. The van der Waals surface area contributed by atoms with Gasteiger partial charge in [0.25, 0.3) is 0 Å². The van der Waals surface area contributed by atoms with Crippen LogP contribution in [0.5, 0.6) is 0 Å². The Morgan fingerprint density at radius 1 is 1.64 bits per heavy atom. The summed E-state index contributed by atoms with van der Waals surface area (Å²) in [4.78, 5) is 2.00. The van der Waals surface area contributed by atoms with E-state index in [0.717, 1.165) is 18.1 Å². The van der Waals surface area contributed by atoms with E-state index in [1.165, 1.54) is 0 Å². The summed E-state index contributed by atoms with van der Waals surface area (Å²) in [6, 6.07) is 0. The number of thioether (sulfide) groups is 1. The molecule has 1 aliphatic heterocycles. The smallest absolute Gasteiger partial charge is 0.159 e. The number of rotatable bonds is 0. The fourth-order valence-corrected chi connectivity index (χ4v) is 2.47. The number of nitrogens with zero attached hydrogens (tertiary/aromatic N) is 2. The van der Waals surface area contributed by atoms with E-state index in [-0.39, 0.29) is 4.75 Å². The minimum absolute atomic E-state index is 0.0399. The van der Waals surface area contributed by atoms with E-state index in [4.69, 9.17) is 5.21 Å². The van der Waals surface area contributed by atoms with Crippen molar-refractivity contribution in [3.8, 4) is 0 Å². The van der Waals surface area contributed by atoms with Gasteiger partial charge in [0.2, 0.25) is 0 Å². The maximum atomic E-state index is 8.73. The largest absolute Gasteiger partial charge is 0.409 e. The number of hydrogen-bond donors (Lipinski definition) is 1. The second kappa shape index (κ2) is 2.93. The van der Waals surface area contributed by atoms with Crippen LogP contribution in [-0.2, 0) is 0 Å². The normalized spacial score (nSPS) is 27.5. The van der Waals surface area contributed by atoms with Crippen molar-refractivity contribution in [2.75, 3.05) is 19.3 Å². The molecule has 1 saturated heterocycles. The minimum Gasteiger partial charge on any atom is -0.409 e. The molecule has 3 nitrogen and oxygen atoms in total. The molecule has 64 valence electrons. The molecule has 1 rings (SSSR count). The maximum absolute atomic E-state index is 8.73. The highest BCUT2D eigenvalue weighted by Crippen LogP contribution is 2.30. The lowest BCUT2D eigenvalue weighted by Gasteiger charge is -2.36. The molecule has 0 saturated carbocycles. The van der Waals surface area contributed by atoms with Gasteiger partial charge in [-0.15, -0.1) is 11.8 Å². The predicted molar refractivity (Wildman–Crippen MR) is 48.4 cm³/mol. The van der Waals surface area contributed by atoms with Crippen molar-refractivity contribution in [3.63, 3.8) is 0 Å². The topological polar surface area (TPSA) is 35.8 Å². The van der Waals surface area contributed by atoms with E-state index >= 15 is 0 Å². The molecular formula is C7H14N2OS. The molecule has 0 atom stereocenters. The number of oxime groups is 1. The van der Waals surface area contributed by atoms with E-state index in [9.17, 15) is 0 Å². The van der Waals surface area contributed by atoms with Crippen molar-refractivity contribution in [2.24, 2.45) is 5.16 Å². The van der Waals surface area contributed by atoms with E-state index in [2.05, 4.69) is 19.0 Å². The summed E-state index contributed by atoms with van der Waals surface area (Å²) < 4.78 is -0.0399. The number of hydrogen-bond acceptors (Lipinski definition) is 3. The van der Waals surface area contributed by atoms with Gasteiger partial charge in [-0.1, -0.05) is 5.16 Å². The van der Waals surface area contributed by atoms with Gasteiger partial charge in [-0.05, 0) is 13.8 Å². The standard InChI is InChI=1S/C7H14N2OS/c1-7(2)6(8-10)9(3)4-5-11-7/h10H,4-5H2,1-3H3/b8-6+. The summed E-state index contributed by atoms with van der Waals surface area (Å²) in [5.41, 5.74) is 0. The van der Waals surface area contributed by atoms with Gasteiger partial charge in [0.05, 0.1) is 4.75 Å². The van der Waals surface area contributed by atoms with Crippen LogP contribution >= 0.6 is 11.8 Å². The minimum atomic E-state index is -0.0399. The van der Waals surface area contributed by atoms with Crippen molar-refractivity contribution in [1.29, 1.82) is 0 Å². The van der Waals surface area contributed by atoms with Crippen molar-refractivity contribution in [2.45, 2.75) is 18.6 Å². The lowest BCUT2D eigenvalue weighted by Crippen LogP contribution is -2.46. The molecule has 1 heterocycles. The Labute approximate surface area is 71.4 Å². The second-order valence-electron chi connectivity index (χ2n) is 3.20. The Morgan fingerprint density at radius 2 is 2.27 bits per heavy atom. The molecule has 0 amide bonds. The first-order valence-corrected chi connectivity index (χ1v) is 4.64. The summed E-state index contributed by atoms with van der Waals surface area (Å²) in [5.74, 6) is 1.87. The average molecular weight is 174 g/mol. The third-order valence-electron chi connectivity index (χ3n) is 1.88. The maximum Gasteiger partial charge on any atom is 0.159 e. The third-order valence-corrected chi connectivity index (χ3v) is 3.18. The van der Waals surface area contributed by atoms with E-state index in [1.54, 1.807) is 0 Å². The Hall–Kier alpha value is -0.380. The van der Waals surface area contributed by atoms with Crippen LogP contribution in [0.2, 0.25) is 0 Å². The summed E-state index contributed by atoms with van der Waals surface area (Å²) in [7, 11) is 1.95. The monoisotopic (exact) mass is 174 g/mol. The van der Waals surface area contributed by atoms with Crippen molar-refractivity contribution >= 4 is 17.6 Å². The Balaban J connectivity index is 2.82. The van der Waals surface area contributed by atoms with Crippen LogP contribution in [0, 0.1) is 0 Å². The Bertz CT molecular complexity index is 179. The van der Waals surface area contributed by atoms with Crippen LogP contribution in [0.3, 0.4) is 0 Å². The van der Waals surface area contributed by atoms with Gasteiger partial charge in [0.1, 0.15) is 0 Å². The summed E-state index contributed by atoms with van der Waals surface area (Å²) in [5, 5.41) is 12.0. The van der Waals surface area contributed by atoms with E-state index < -0.39 is 0 Å². The molecule has 1 N–H and O–H groups in total. The van der Waals surface area contributed by atoms with E-state index in [0.29, 0.717) is 0 Å². The predicted octanol–water partition coefficient (Wildman–Crippen LogP) is 1.23. The molecule has 0 spiro atoms. The SMILES string of the molecule is CN1CCSC(C)(C)/C1=N\O. The van der Waals surface area contributed by atoms with Crippen molar-refractivity contribution < 1.29 is 5.21 Å². The third kappa shape index (κ3) is 1.61. The fourth-order valence-electron chi connectivity index (χ4n) is 1.26. The Kier molecular flexibility index (Phi) is 2.32. The second-order valence-corrected chi connectivity index (χ2v) is 4.92. The molecule has 0 unspecified atom stereocenters. The quantitative estimate of drug-likeness (QED) is 0.443. The summed E-state index contributed by atoms with van der Waals surface area (Å²) >= 11 is 1.82. The first-order valence-electron chi connectivity index (χ1n) is 3.65. The van der Waals surface area contributed by atoms with Crippen LogP contribution < -0.4 is 0 Å². The zero-order valence-corrected chi connectivity index (χ0v) is 7.98. The van der Waals surface area contributed by atoms with Gasteiger partial charge in [0, 0.05) is 19.3 Å². The first-order chi connectivity index (χ1) is 5.08. The molecule has 0 aliphatic carbocycles. The van der Waals surface area contributed by atoms with Crippen molar-refractivity contribution in [3.05, 3.63) is 0 Å². The molecule has 1 aliphatic rings. The van der Waals surface area contributed by atoms with Gasteiger partial charge in [-0.25, -0.2) is 0 Å². The van der Waals surface area contributed by atoms with Crippen LogP contribution in [0.15, 0.2) is 5.16 Å². The molecule has 0 bridgehead atoms. The van der Waals surface area contributed by atoms with E-state index in [1.807, 2.05) is 23.7 Å². The highest BCUT2D eigenvalue weighted by Gasteiger charge is 2.32. The summed E-state index contributed by atoms with van der Waals surface area (Å²) in [6.07, 6.45) is 0. The van der Waals surface area contributed by atoms with Gasteiger partial charge < -0.3 is 10.1 Å². The fraction of sp³-hybridized carbons (Fsp3) is 0.857. The van der Waals surface area contributed by atoms with Gasteiger partial charge >= 0.3 is 0 Å². The van der Waals surface area contributed by atoms with Gasteiger partial charge in [-0.2, -0.15) is 0 Å². The van der Waals surface area contributed by atoms with Crippen molar-refractivity contribution in [1.82, 2.24) is 4.90 Å². The molecule has 0 aromatic carbocycles. The molecule has 4 heteroatoms. The number of amidine groups is 1. The molecule has 0 aromatic heterocycles. The molecule has 0 aromatic rings. The summed E-state index contributed by atoms with van der Waals surface area (Å²) in [6.45, 7) is 5.11. The van der Waals surface area contributed by atoms with Gasteiger partial charge in [-0.3, -0.25) is 0 Å². The van der Waals surface area contributed by atoms with Gasteiger partial charge in [0.15, 0.2) is 5.84 Å². The highest BCUT2D eigenvalue weighted by molar-refractivity contribution is 8.01. The lowest BCUT2D eigenvalue weighted by molar-refractivity contribution is 0.301. The van der Waals surface area contributed by atoms with Crippen LogP contribution in [0.25, 0.3) is 0 Å². The molecule has 11 heavy (non-hydrogen) atoms. The van der Waals surface area contributed by atoms with Crippen LogP contribution in [0.4, 0.5) is 0 Å². The zero-order chi connectivity index (χ0) is 8.48. The molecule has 0 radical (unpaired) electrons. The highest BCUT2D eigenvalue weighted by atomic mass is 32.2. The zero-order valence-electron chi connectivity index (χ0n) is 7.16. The molecule has 1 fully saturated rings. The lowest BCUT2D eigenvalue weighted by atomic mass is 10.1.